The number of nitro groups is 1. The van der Waals surface area contributed by atoms with Gasteiger partial charge in [-0.05, 0) is 12.5 Å². The van der Waals surface area contributed by atoms with Crippen molar-refractivity contribution in [3.63, 3.8) is 0 Å². The molecule has 18 heavy (non-hydrogen) atoms. The molecular weight excluding hydrogens is 275 g/mol. The molecule has 0 spiro atoms. The highest BCUT2D eigenvalue weighted by Gasteiger charge is 2.17. The zero-order chi connectivity index (χ0) is 13.5. The molecule has 0 fully saturated rings. The fourth-order valence-electron chi connectivity index (χ4n) is 1.83. The maximum absolute atomic E-state index is 10.7. The minimum absolute atomic E-state index is 0.0578. The molecule has 4 nitrogen and oxygen atoms in total. The average molecular weight is 291 g/mol. The van der Waals surface area contributed by atoms with Gasteiger partial charge in [0.05, 0.1) is 4.92 Å². The van der Waals surface area contributed by atoms with Crippen LogP contribution in [0.2, 0.25) is 0 Å². The normalized spacial score (nSPS) is 12.7. The van der Waals surface area contributed by atoms with Gasteiger partial charge in [-0.15, -0.1) is 23.2 Å². The molecule has 0 heterocycles. The summed E-state index contributed by atoms with van der Waals surface area (Å²) in [6.07, 6.45) is 0. The summed E-state index contributed by atoms with van der Waals surface area (Å²) in [5, 5.41) is 10.7. The second-order valence-electron chi connectivity index (χ2n) is 3.94. The molecule has 6 heteroatoms. The first-order chi connectivity index (χ1) is 8.60. The molecule has 0 aromatic heterocycles. The van der Waals surface area contributed by atoms with Crippen LogP contribution in [-0.4, -0.2) is 34.7 Å². The van der Waals surface area contributed by atoms with E-state index in [-0.39, 0.29) is 16.7 Å². The van der Waals surface area contributed by atoms with Crippen LogP contribution in [0.25, 0.3) is 0 Å². The molecule has 1 aromatic rings. The van der Waals surface area contributed by atoms with E-state index in [0.717, 1.165) is 5.56 Å². The molecule has 100 valence electrons. The zero-order valence-corrected chi connectivity index (χ0v) is 11.7. The van der Waals surface area contributed by atoms with Crippen molar-refractivity contribution in [3.8, 4) is 0 Å². The van der Waals surface area contributed by atoms with Crippen molar-refractivity contribution in [2.75, 3.05) is 24.8 Å². The number of nitro benzene ring substituents is 1. The predicted octanol–water partition coefficient (Wildman–Crippen LogP) is 3.44. The van der Waals surface area contributed by atoms with Crippen LogP contribution in [0.1, 0.15) is 18.5 Å². The molecule has 0 N–H and O–H groups in total. The Balaban J connectivity index is 2.89. The summed E-state index contributed by atoms with van der Waals surface area (Å²) in [5.41, 5.74) is 1.01. The molecule has 1 unspecified atom stereocenters. The molecule has 1 rings (SSSR count). The Kier molecular flexibility index (Phi) is 6.39. The SMILES string of the molecule is CC(c1cccc([N+](=O)[O-])c1)N(CCCl)CCCl. The maximum atomic E-state index is 10.7. The van der Waals surface area contributed by atoms with Crippen molar-refractivity contribution < 1.29 is 4.92 Å². The summed E-state index contributed by atoms with van der Waals surface area (Å²) in [5.74, 6) is 1.02. The lowest BCUT2D eigenvalue weighted by atomic mass is 10.1. The molecule has 0 saturated carbocycles. The van der Waals surface area contributed by atoms with Crippen molar-refractivity contribution >= 4 is 28.9 Å². The molecule has 0 saturated heterocycles. The number of halogens is 2. The van der Waals surface area contributed by atoms with Crippen molar-refractivity contribution in [3.05, 3.63) is 39.9 Å². The van der Waals surface area contributed by atoms with Crippen LogP contribution in [0, 0.1) is 10.1 Å². The number of rotatable bonds is 7. The fraction of sp³-hybridized carbons (Fsp3) is 0.500. The molecule has 1 aromatic carbocycles. The minimum atomic E-state index is -0.385. The predicted molar refractivity (Wildman–Crippen MR) is 74.5 cm³/mol. The summed E-state index contributed by atoms with van der Waals surface area (Å²) >= 11 is 11.5. The Morgan fingerprint density at radius 2 is 1.94 bits per heavy atom. The van der Waals surface area contributed by atoms with Gasteiger partial charge in [0.15, 0.2) is 0 Å². The number of benzene rings is 1. The van der Waals surface area contributed by atoms with E-state index < -0.39 is 0 Å². The fourth-order valence-corrected chi connectivity index (χ4v) is 2.26. The van der Waals surface area contributed by atoms with E-state index in [2.05, 4.69) is 4.90 Å². The first-order valence-electron chi connectivity index (χ1n) is 5.70. The summed E-state index contributed by atoms with van der Waals surface area (Å²) in [6.45, 7) is 3.41. The first kappa shape index (κ1) is 15.2. The summed E-state index contributed by atoms with van der Waals surface area (Å²) in [7, 11) is 0. The topological polar surface area (TPSA) is 46.4 Å². The van der Waals surface area contributed by atoms with E-state index in [1.54, 1.807) is 12.1 Å². The molecule has 0 amide bonds. The van der Waals surface area contributed by atoms with Gasteiger partial charge in [-0.25, -0.2) is 0 Å². The number of hydrogen-bond acceptors (Lipinski definition) is 3. The van der Waals surface area contributed by atoms with E-state index in [4.69, 9.17) is 23.2 Å². The van der Waals surface area contributed by atoms with Gasteiger partial charge in [0.1, 0.15) is 0 Å². The van der Waals surface area contributed by atoms with Crippen LogP contribution < -0.4 is 0 Å². The summed E-state index contributed by atoms with van der Waals surface area (Å²) in [6, 6.07) is 6.72. The molecule has 0 aliphatic rings. The average Bonchev–Trinajstić information content (AvgIpc) is 2.38. The Bertz CT molecular complexity index is 395. The molecule has 0 bridgehead atoms. The molecule has 0 radical (unpaired) electrons. The Morgan fingerprint density at radius 3 is 2.44 bits per heavy atom. The van der Waals surface area contributed by atoms with Crippen molar-refractivity contribution in [1.82, 2.24) is 4.90 Å². The monoisotopic (exact) mass is 290 g/mol. The van der Waals surface area contributed by atoms with E-state index in [9.17, 15) is 10.1 Å². The zero-order valence-electron chi connectivity index (χ0n) is 10.2. The van der Waals surface area contributed by atoms with Crippen LogP contribution in [0.15, 0.2) is 24.3 Å². The summed E-state index contributed by atoms with van der Waals surface area (Å²) < 4.78 is 0. The number of alkyl halides is 2. The Labute approximate surface area is 117 Å². The Hall–Kier alpha value is -0.840. The van der Waals surface area contributed by atoms with Gasteiger partial charge >= 0.3 is 0 Å². The second kappa shape index (κ2) is 7.56. The standard InChI is InChI=1S/C12H16Cl2N2O2/c1-10(15(7-5-13)8-6-14)11-3-2-4-12(9-11)16(17)18/h2-4,9-10H,5-8H2,1H3. The second-order valence-corrected chi connectivity index (χ2v) is 4.70. The van der Waals surface area contributed by atoms with E-state index in [1.807, 2.05) is 13.0 Å². The molecule has 0 aliphatic carbocycles. The molecule has 0 aliphatic heterocycles. The van der Waals surface area contributed by atoms with Crippen LogP contribution in [-0.2, 0) is 0 Å². The van der Waals surface area contributed by atoms with Crippen LogP contribution in [0.4, 0.5) is 5.69 Å². The number of hydrogen-bond donors (Lipinski definition) is 0. The van der Waals surface area contributed by atoms with Gasteiger partial charge in [-0.3, -0.25) is 15.0 Å². The van der Waals surface area contributed by atoms with E-state index in [0.29, 0.717) is 24.8 Å². The van der Waals surface area contributed by atoms with Gasteiger partial charge in [0, 0.05) is 43.0 Å². The number of nitrogens with zero attached hydrogens (tertiary/aromatic N) is 2. The maximum Gasteiger partial charge on any atom is 0.269 e. The smallest absolute Gasteiger partial charge is 0.269 e. The minimum Gasteiger partial charge on any atom is -0.294 e. The van der Waals surface area contributed by atoms with Gasteiger partial charge in [-0.1, -0.05) is 12.1 Å². The third-order valence-electron chi connectivity index (χ3n) is 2.85. The highest BCUT2D eigenvalue weighted by molar-refractivity contribution is 6.18. The third-order valence-corrected chi connectivity index (χ3v) is 3.19. The van der Waals surface area contributed by atoms with Crippen molar-refractivity contribution in [2.24, 2.45) is 0 Å². The van der Waals surface area contributed by atoms with Crippen molar-refractivity contribution in [1.29, 1.82) is 0 Å². The lowest BCUT2D eigenvalue weighted by molar-refractivity contribution is -0.384. The van der Waals surface area contributed by atoms with Gasteiger partial charge < -0.3 is 0 Å². The van der Waals surface area contributed by atoms with Gasteiger partial charge in [0.2, 0.25) is 0 Å². The highest BCUT2D eigenvalue weighted by atomic mass is 35.5. The first-order valence-corrected chi connectivity index (χ1v) is 6.77. The largest absolute Gasteiger partial charge is 0.294 e. The highest BCUT2D eigenvalue weighted by Crippen LogP contribution is 2.23. The van der Waals surface area contributed by atoms with Crippen molar-refractivity contribution in [2.45, 2.75) is 13.0 Å². The summed E-state index contributed by atoms with van der Waals surface area (Å²) in [4.78, 5) is 12.5. The van der Waals surface area contributed by atoms with Crippen LogP contribution >= 0.6 is 23.2 Å². The quantitative estimate of drug-likeness (QED) is 0.439. The van der Waals surface area contributed by atoms with E-state index >= 15 is 0 Å². The number of non-ortho nitro benzene ring substituents is 1. The lowest BCUT2D eigenvalue weighted by Gasteiger charge is -2.27. The lowest BCUT2D eigenvalue weighted by Crippen LogP contribution is -2.30. The van der Waals surface area contributed by atoms with Crippen LogP contribution in [0.5, 0.6) is 0 Å². The Morgan fingerprint density at radius 1 is 1.33 bits per heavy atom. The van der Waals surface area contributed by atoms with Crippen LogP contribution in [0.3, 0.4) is 0 Å². The van der Waals surface area contributed by atoms with Gasteiger partial charge in [-0.2, -0.15) is 0 Å². The van der Waals surface area contributed by atoms with E-state index in [1.165, 1.54) is 6.07 Å². The molecular formula is C12H16Cl2N2O2. The third kappa shape index (κ3) is 4.12. The molecule has 1 atom stereocenters. The van der Waals surface area contributed by atoms with Gasteiger partial charge in [0.25, 0.3) is 5.69 Å².